The number of hydrogen-bond donors (Lipinski definition) is 1. The molecular weight excluding hydrogens is 364 g/mol. The standard InChI is InChI=1S/C24H30N2O3/c1-28-23-14-19(8-10-22(23)29-17-24(27)26-11-2-3-12-26)16-25-15-18-7-9-20-5-4-6-21(20)13-18/h7-10,13-14,25H,2-6,11-12,15-17H2,1H3. The van der Waals surface area contributed by atoms with E-state index >= 15 is 0 Å². The first-order chi connectivity index (χ1) is 14.2. The van der Waals surface area contributed by atoms with Gasteiger partial charge in [-0.3, -0.25) is 4.79 Å². The molecule has 0 bridgehead atoms. The van der Waals surface area contributed by atoms with Gasteiger partial charge in [-0.05, 0) is 66.5 Å². The summed E-state index contributed by atoms with van der Waals surface area (Å²) in [6.07, 6.45) is 5.89. The van der Waals surface area contributed by atoms with Gasteiger partial charge in [-0.15, -0.1) is 0 Å². The number of fused-ring (bicyclic) bond motifs is 1. The zero-order valence-corrected chi connectivity index (χ0v) is 17.2. The fraction of sp³-hybridized carbons (Fsp3) is 0.458. The van der Waals surface area contributed by atoms with Gasteiger partial charge >= 0.3 is 0 Å². The van der Waals surface area contributed by atoms with Gasteiger partial charge in [-0.25, -0.2) is 0 Å². The average Bonchev–Trinajstić information content (AvgIpc) is 3.44. The molecule has 1 aliphatic heterocycles. The maximum atomic E-state index is 12.2. The Hall–Kier alpha value is -2.53. The summed E-state index contributed by atoms with van der Waals surface area (Å²) in [5.74, 6) is 1.32. The van der Waals surface area contributed by atoms with Crippen LogP contribution in [-0.2, 0) is 30.7 Å². The fourth-order valence-corrected chi connectivity index (χ4v) is 4.22. The Kier molecular flexibility index (Phi) is 6.35. The predicted octanol–water partition coefficient (Wildman–Crippen LogP) is 3.47. The molecule has 2 aromatic rings. The number of nitrogens with zero attached hydrogens (tertiary/aromatic N) is 1. The first-order valence-corrected chi connectivity index (χ1v) is 10.6. The Morgan fingerprint density at radius 2 is 1.66 bits per heavy atom. The molecule has 154 valence electrons. The summed E-state index contributed by atoms with van der Waals surface area (Å²) >= 11 is 0. The molecule has 1 aliphatic carbocycles. The second-order valence-electron chi connectivity index (χ2n) is 7.92. The number of carbonyl (C=O) groups is 1. The van der Waals surface area contributed by atoms with Crippen LogP contribution >= 0.6 is 0 Å². The number of amides is 1. The number of ether oxygens (including phenoxy) is 2. The number of carbonyl (C=O) groups excluding carboxylic acids is 1. The zero-order chi connectivity index (χ0) is 20.1. The number of likely N-dealkylation sites (tertiary alicyclic amines) is 1. The molecule has 1 fully saturated rings. The summed E-state index contributed by atoms with van der Waals surface area (Å²) in [6.45, 7) is 3.34. The normalized spacial score (nSPS) is 15.4. The van der Waals surface area contributed by atoms with Gasteiger partial charge in [0.2, 0.25) is 0 Å². The third kappa shape index (κ3) is 4.91. The molecule has 5 heteroatoms. The van der Waals surface area contributed by atoms with Crippen LogP contribution in [0.3, 0.4) is 0 Å². The molecule has 0 radical (unpaired) electrons. The minimum absolute atomic E-state index is 0.0460. The van der Waals surface area contributed by atoms with Gasteiger partial charge in [-0.2, -0.15) is 0 Å². The highest BCUT2D eigenvalue weighted by atomic mass is 16.5. The molecular formula is C24H30N2O3. The first kappa shape index (κ1) is 19.8. The summed E-state index contributed by atoms with van der Waals surface area (Å²) in [4.78, 5) is 14.0. The summed E-state index contributed by atoms with van der Waals surface area (Å²) < 4.78 is 11.2. The quantitative estimate of drug-likeness (QED) is 0.745. The SMILES string of the molecule is COc1cc(CNCc2ccc3c(c2)CCC3)ccc1OCC(=O)N1CCCC1. The molecule has 0 aromatic heterocycles. The Bertz CT molecular complexity index is 859. The van der Waals surface area contributed by atoms with Crippen molar-refractivity contribution in [3.8, 4) is 11.5 Å². The van der Waals surface area contributed by atoms with Crippen LogP contribution in [0.15, 0.2) is 36.4 Å². The number of rotatable bonds is 8. The number of hydrogen-bond acceptors (Lipinski definition) is 4. The molecule has 2 aromatic carbocycles. The zero-order valence-electron chi connectivity index (χ0n) is 17.2. The molecule has 5 nitrogen and oxygen atoms in total. The van der Waals surface area contributed by atoms with E-state index in [1.165, 1.54) is 36.0 Å². The Morgan fingerprint density at radius 1 is 0.931 bits per heavy atom. The molecule has 1 amide bonds. The maximum absolute atomic E-state index is 12.2. The van der Waals surface area contributed by atoms with Gasteiger partial charge < -0.3 is 19.7 Å². The van der Waals surface area contributed by atoms with Crippen molar-refractivity contribution >= 4 is 5.91 Å². The summed E-state index contributed by atoms with van der Waals surface area (Å²) in [5, 5.41) is 3.51. The lowest BCUT2D eigenvalue weighted by Crippen LogP contribution is -2.32. The highest BCUT2D eigenvalue weighted by Crippen LogP contribution is 2.28. The molecule has 2 aliphatic rings. The van der Waals surface area contributed by atoms with Crippen molar-refractivity contribution in [3.63, 3.8) is 0 Å². The third-order valence-corrected chi connectivity index (χ3v) is 5.86. The smallest absolute Gasteiger partial charge is 0.260 e. The first-order valence-electron chi connectivity index (χ1n) is 10.6. The van der Waals surface area contributed by atoms with Crippen molar-refractivity contribution in [2.75, 3.05) is 26.8 Å². The predicted molar refractivity (Wildman–Crippen MR) is 113 cm³/mol. The van der Waals surface area contributed by atoms with Crippen LogP contribution in [0.2, 0.25) is 0 Å². The summed E-state index contributed by atoms with van der Waals surface area (Å²) in [5.41, 5.74) is 5.48. The Balaban J connectivity index is 1.29. The van der Waals surface area contributed by atoms with Crippen LogP contribution in [-0.4, -0.2) is 37.6 Å². The van der Waals surface area contributed by atoms with Crippen LogP contribution in [0.1, 0.15) is 41.5 Å². The highest BCUT2D eigenvalue weighted by Gasteiger charge is 2.19. The van der Waals surface area contributed by atoms with E-state index in [1.54, 1.807) is 7.11 Å². The summed E-state index contributed by atoms with van der Waals surface area (Å²) in [7, 11) is 1.63. The van der Waals surface area contributed by atoms with E-state index < -0.39 is 0 Å². The van der Waals surface area contributed by atoms with E-state index in [1.807, 2.05) is 23.1 Å². The lowest BCUT2D eigenvalue weighted by Gasteiger charge is -2.17. The van der Waals surface area contributed by atoms with Crippen molar-refractivity contribution in [2.24, 2.45) is 0 Å². The number of methoxy groups -OCH3 is 1. The van der Waals surface area contributed by atoms with E-state index in [-0.39, 0.29) is 12.5 Å². The number of aryl methyl sites for hydroxylation is 2. The monoisotopic (exact) mass is 394 g/mol. The summed E-state index contributed by atoms with van der Waals surface area (Å²) in [6, 6.07) is 12.7. The topological polar surface area (TPSA) is 50.8 Å². The van der Waals surface area contributed by atoms with E-state index in [9.17, 15) is 4.79 Å². The van der Waals surface area contributed by atoms with Crippen LogP contribution in [0.5, 0.6) is 11.5 Å². The van der Waals surface area contributed by atoms with Gasteiger partial charge in [0.15, 0.2) is 18.1 Å². The largest absolute Gasteiger partial charge is 0.493 e. The lowest BCUT2D eigenvalue weighted by atomic mass is 10.1. The second-order valence-corrected chi connectivity index (χ2v) is 7.92. The minimum atomic E-state index is 0.0460. The molecule has 1 N–H and O–H groups in total. The minimum Gasteiger partial charge on any atom is -0.493 e. The van der Waals surface area contributed by atoms with E-state index in [0.29, 0.717) is 11.5 Å². The molecule has 0 spiro atoms. The van der Waals surface area contributed by atoms with Gasteiger partial charge in [0.05, 0.1) is 7.11 Å². The van der Waals surface area contributed by atoms with Crippen molar-refractivity contribution in [1.29, 1.82) is 0 Å². The molecule has 0 atom stereocenters. The van der Waals surface area contributed by atoms with Gasteiger partial charge in [0.1, 0.15) is 0 Å². The maximum Gasteiger partial charge on any atom is 0.260 e. The van der Waals surface area contributed by atoms with Crippen molar-refractivity contribution in [3.05, 3.63) is 58.7 Å². The fourth-order valence-electron chi connectivity index (χ4n) is 4.22. The second kappa shape index (κ2) is 9.31. The van der Waals surface area contributed by atoms with Gasteiger partial charge in [0, 0.05) is 26.2 Å². The molecule has 0 saturated carbocycles. The van der Waals surface area contributed by atoms with Gasteiger partial charge in [0.25, 0.3) is 5.91 Å². The number of benzene rings is 2. The lowest BCUT2D eigenvalue weighted by molar-refractivity contribution is -0.132. The average molecular weight is 395 g/mol. The molecule has 1 saturated heterocycles. The molecule has 4 rings (SSSR count). The molecule has 1 heterocycles. The molecule has 29 heavy (non-hydrogen) atoms. The van der Waals surface area contributed by atoms with Gasteiger partial charge in [-0.1, -0.05) is 24.3 Å². The van der Waals surface area contributed by atoms with Crippen molar-refractivity contribution in [2.45, 2.75) is 45.2 Å². The van der Waals surface area contributed by atoms with Crippen molar-refractivity contribution in [1.82, 2.24) is 10.2 Å². The van der Waals surface area contributed by atoms with Crippen LogP contribution in [0.4, 0.5) is 0 Å². The van der Waals surface area contributed by atoms with Crippen LogP contribution < -0.4 is 14.8 Å². The highest BCUT2D eigenvalue weighted by molar-refractivity contribution is 5.78. The van der Waals surface area contributed by atoms with Crippen molar-refractivity contribution < 1.29 is 14.3 Å². The van der Waals surface area contributed by atoms with E-state index in [0.717, 1.165) is 44.6 Å². The van der Waals surface area contributed by atoms with E-state index in [4.69, 9.17) is 9.47 Å². The Morgan fingerprint density at radius 3 is 2.45 bits per heavy atom. The van der Waals surface area contributed by atoms with E-state index in [2.05, 4.69) is 23.5 Å². The van der Waals surface area contributed by atoms with Crippen LogP contribution in [0.25, 0.3) is 0 Å². The van der Waals surface area contributed by atoms with Crippen LogP contribution in [0, 0.1) is 0 Å². The number of nitrogens with one attached hydrogen (secondary N) is 1. The Labute approximate surface area is 173 Å². The molecule has 0 unspecified atom stereocenters. The third-order valence-electron chi connectivity index (χ3n) is 5.86.